The Bertz CT molecular complexity index is 723. The van der Waals surface area contributed by atoms with E-state index < -0.39 is 6.09 Å². The molecule has 0 atom stereocenters. The van der Waals surface area contributed by atoms with Gasteiger partial charge in [0.15, 0.2) is 5.75 Å². The average Bonchev–Trinajstić information content (AvgIpc) is 2.91. The maximum absolute atomic E-state index is 12.2. The topological polar surface area (TPSA) is 92.8 Å². The minimum Gasteiger partial charge on any atom is -0.452 e. The van der Waals surface area contributed by atoms with Crippen LogP contribution in [-0.4, -0.2) is 43.5 Å². The number of hydrogen-bond donors (Lipinski definition) is 1. The van der Waals surface area contributed by atoms with Gasteiger partial charge in [-0.25, -0.2) is 9.36 Å². The Morgan fingerprint density at radius 2 is 1.96 bits per heavy atom. The zero-order chi connectivity index (χ0) is 17.5. The molecule has 0 amide bonds. The van der Waals surface area contributed by atoms with Crippen molar-refractivity contribution in [1.29, 1.82) is 0 Å². The number of fused-ring (bicyclic) bond motifs is 1. The minimum atomic E-state index is -0.543. The zero-order valence-electron chi connectivity index (χ0n) is 13.9. The fourth-order valence-electron chi connectivity index (χ4n) is 2.44. The number of benzene rings is 1. The van der Waals surface area contributed by atoms with Gasteiger partial charge in [-0.3, -0.25) is 4.79 Å². The first-order chi connectivity index (χ1) is 11.6. The number of methoxy groups -OCH3 is 1. The monoisotopic (exact) mass is 334 g/mol. The Morgan fingerprint density at radius 3 is 2.62 bits per heavy atom. The number of rotatable bonds is 7. The summed E-state index contributed by atoms with van der Waals surface area (Å²) in [7, 11) is 1.31. The van der Waals surface area contributed by atoms with Crippen molar-refractivity contribution in [2.24, 2.45) is 5.73 Å². The molecule has 1 aromatic heterocycles. The van der Waals surface area contributed by atoms with Crippen LogP contribution in [0.5, 0.6) is 5.75 Å². The minimum absolute atomic E-state index is 0.237. The second kappa shape index (κ2) is 8.47. The predicted molar refractivity (Wildman–Crippen MR) is 89.2 cm³/mol. The SMILES string of the molecule is CCC(=O)Oc1c(CCOCCN)n(C(=O)OC)c2ccccc12. The molecule has 130 valence electrons. The van der Waals surface area contributed by atoms with Crippen LogP contribution >= 0.6 is 0 Å². The summed E-state index contributed by atoms with van der Waals surface area (Å²) < 4.78 is 17.2. The number of ether oxygens (including phenoxy) is 3. The van der Waals surface area contributed by atoms with E-state index in [2.05, 4.69) is 0 Å². The van der Waals surface area contributed by atoms with Crippen LogP contribution in [-0.2, 0) is 20.7 Å². The summed E-state index contributed by atoms with van der Waals surface area (Å²) in [6.45, 7) is 2.90. The number of aromatic nitrogens is 1. The summed E-state index contributed by atoms with van der Waals surface area (Å²) >= 11 is 0. The van der Waals surface area contributed by atoms with E-state index in [1.165, 1.54) is 11.7 Å². The summed E-state index contributed by atoms with van der Waals surface area (Å²) in [4.78, 5) is 24.1. The molecular weight excluding hydrogens is 312 g/mol. The quantitative estimate of drug-likeness (QED) is 0.615. The van der Waals surface area contributed by atoms with Gasteiger partial charge in [0.25, 0.3) is 0 Å². The second-order valence-corrected chi connectivity index (χ2v) is 5.08. The zero-order valence-corrected chi connectivity index (χ0v) is 13.9. The van der Waals surface area contributed by atoms with Crippen molar-refractivity contribution in [3.63, 3.8) is 0 Å². The molecule has 0 bridgehead atoms. The predicted octanol–water partition coefficient (Wildman–Crippen LogP) is 2.09. The fraction of sp³-hybridized carbons (Fsp3) is 0.412. The van der Waals surface area contributed by atoms with E-state index in [0.717, 1.165) is 0 Å². The third-order valence-electron chi connectivity index (χ3n) is 3.53. The molecule has 0 unspecified atom stereocenters. The van der Waals surface area contributed by atoms with Crippen LogP contribution < -0.4 is 10.5 Å². The Balaban J connectivity index is 2.52. The number of carbonyl (C=O) groups is 2. The van der Waals surface area contributed by atoms with Gasteiger partial charge in [0.2, 0.25) is 0 Å². The van der Waals surface area contributed by atoms with Gasteiger partial charge in [-0.15, -0.1) is 0 Å². The van der Waals surface area contributed by atoms with Crippen LogP contribution in [0.3, 0.4) is 0 Å². The van der Waals surface area contributed by atoms with Crippen molar-refractivity contribution in [1.82, 2.24) is 4.57 Å². The Kier molecular flexibility index (Phi) is 6.34. The van der Waals surface area contributed by atoms with Crippen molar-refractivity contribution in [3.05, 3.63) is 30.0 Å². The third-order valence-corrected chi connectivity index (χ3v) is 3.53. The van der Waals surface area contributed by atoms with Gasteiger partial charge >= 0.3 is 12.1 Å². The largest absolute Gasteiger partial charge is 0.452 e. The smallest absolute Gasteiger partial charge is 0.418 e. The van der Waals surface area contributed by atoms with Crippen LogP contribution in [0.4, 0.5) is 4.79 Å². The van der Waals surface area contributed by atoms with E-state index in [9.17, 15) is 9.59 Å². The van der Waals surface area contributed by atoms with Crippen molar-refractivity contribution in [3.8, 4) is 5.75 Å². The molecule has 0 aliphatic rings. The van der Waals surface area contributed by atoms with Crippen molar-refractivity contribution >= 4 is 23.0 Å². The van der Waals surface area contributed by atoms with Crippen LogP contribution in [0.25, 0.3) is 10.9 Å². The molecule has 0 aliphatic heterocycles. The maximum Gasteiger partial charge on any atom is 0.418 e. The van der Waals surface area contributed by atoms with Crippen LogP contribution in [0.1, 0.15) is 19.0 Å². The number of nitrogens with zero attached hydrogens (tertiary/aromatic N) is 1. The molecule has 1 aromatic carbocycles. The highest BCUT2D eigenvalue weighted by Gasteiger charge is 2.24. The molecule has 7 nitrogen and oxygen atoms in total. The lowest BCUT2D eigenvalue weighted by Crippen LogP contribution is -2.18. The van der Waals surface area contributed by atoms with Gasteiger partial charge in [0.05, 0.1) is 31.5 Å². The van der Waals surface area contributed by atoms with Gasteiger partial charge in [0.1, 0.15) is 0 Å². The van der Waals surface area contributed by atoms with Crippen molar-refractivity contribution in [2.45, 2.75) is 19.8 Å². The summed E-state index contributed by atoms with van der Waals surface area (Å²) in [6, 6.07) is 7.21. The van der Waals surface area contributed by atoms with Gasteiger partial charge < -0.3 is 19.9 Å². The molecule has 7 heteroatoms. The van der Waals surface area contributed by atoms with E-state index in [1.54, 1.807) is 19.1 Å². The molecule has 0 aliphatic carbocycles. The van der Waals surface area contributed by atoms with E-state index in [1.807, 2.05) is 12.1 Å². The summed E-state index contributed by atoms with van der Waals surface area (Å²) in [5, 5.41) is 0.679. The highest BCUT2D eigenvalue weighted by atomic mass is 16.5. The lowest BCUT2D eigenvalue weighted by atomic mass is 10.2. The van der Waals surface area contributed by atoms with E-state index in [4.69, 9.17) is 19.9 Å². The van der Waals surface area contributed by atoms with Gasteiger partial charge in [-0.2, -0.15) is 0 Å². The highest BCUT2D eigenvalue weighted by molar-refractivity contribution is 5.97. The number of esters is 1. The molecule has 1 heterocycles. The van der Waals surface area contributed by atoms with Gasteiger partial charge in [-0.05, 0) is 12.1 Å². The number of hydrogen-bond acceptors (Lipinski definition) is 6. The number of para-hydroxylation sites is 1. The number of nitrogens with two attached hydrogens (primary N) is 1. The Hall–Kier alpha value is -2.38. The lowest BCUT2D eigenvalue weighted by Gasteiger charge is -2.10. The molecular formula is C17H22N2O5. The molecule has 2 rings (SSSR count). The Morgan fingerprint density at radius 1 is 1.21 bits per heavy atom. The maximum atomic E-state index is 12.2. The average molecular weight is 334 g/mol. The summed E-state index contributed by atoms with van der Waals surface area (Å²) in [5.74, 6) is 0.00564. The number of carbonyl (C=O) groups excluding carboxylic acids is 2. The van der Waals surface area contributed by atoms with Crippen LogP contribution in [0.2, 0.25) is 0 Å². The van der Waals surface area contributed by atoms with Gasteiger partial charge in [0, 0.05) is 24.8 Å². The lowest BCUT2D eigenvalue weighted by molar-refractivity contribution is -0.134. The van der Waals surface area contributed by atoms with Crippen LogP contribution in [0, 0.1) is 0 Å². The first-order valence-electron chi connectivity index (χ1n) is 7.83. The molecule has 0 radical (unpaired) electrons. The van der Waals surface area contributed by atoms with E-state index in [-0.39, 0.29) is 12.4 Å². The molecule has 2 aromatic rings. The van der Waals surface area contributed by atoms with Gasteiger partial charge in [-0.1, -0.05) is 19.1 Å². The van der Waals surface area contributed by atoms with E-state index >= 15 is 0 Å². The molecule has 0 saturated heterocycles. The molecule has 0 saturated carbocycles. The fourth-order valence-corrected chi connectivity index (χ4v) is 2.44. The van der Waals surface area contributed by atoms with E-state index in [0.29, 0.717) is 48.5 Å². The van der Waals surface area contributed by atoms with Crippen molar-refractivity contribution < 1.29 is 23.8 Å². The highest BCUT2D eigenvalue weighted by Crippen LogP contribution is 2.34. The first kappa shape index (κ1) is 18.0. The normalized spacial score (nSPS) is 10.8. The second-order valence-electron chi connectivity index (χ2n) is 5.08. The first-order valence-corrected chi connectivity index (χ1v) is 7.83. The molecule has 24 heavy (non-hydrogen) atoms. The Labute approximate surface area is 140 Å². The third kappa shape index (κ3) is 3.74. The molecule has 2 N–H and O–H groups in total. The summed E-state index contributed by atoms with van der Waals surface area (Å²) in [5.41, 5.74) is 6.57. The standard InChI is InChI=1S/C17H22N2O5/c1-3-15(20)24-16-12-6-4-5-7-13(12)19(17(21)22-2)14(16)8-10-23-11-9-18/h4-7H,3,8-11,18H2,1-2H3. The molecule has 0 spiro atoms. The van der Waals surface area contributed by atoms with Crippen molar-refractivity contribution in [2.75, 3.05) is 26.9 Å². The summed E-state index contributed by atoms with van der Waals surface area (Å²) in [6.07, 6.45) is 0.0792. The molecule has 0 fully saturated rings. The van der Waals surface area contributed by atoms with Crippen LogP contribution in [0.15, 0.2) is 24.3 Å².